The molecule has 1 aliphatic carbocycles. The highest BCUT2D eigenvalue weighted by Gasteiger charge is 2.48. The van der Waals surface area contributed by atoms with Crippen LogP contribution in [0.25, 0.3) is 0 Å². The van der Waals surface area contributed by atoms with E-state index in [9.17, 15) is 8.42 Å². The number of anilines is 2. The Morgan fingerprint density at radius 3 is 2.57 bits per heavy atom. The number of hydrogen-bond acceptors (Lipinski definition) is 5. The van der Waals surface area contributed by atoms with Crippen molar-refractivity contribution < 1.29 is 13.2 Å². The van der Waals surface area contributed by atoms with Crippen molar-refractivity contribution in [3.8, 4) is 0 Å². The van der Waals surface area contributed by atoms with E-state index in [2.05, 4.69) is 19.2 Å². The van der Waals surface area contributed by atoms with Crippen molar-refractivity contribution in [3.63, 3.8) is 0 Å². The zero-order valence-electron chi connectivity index (χ0n) is 12.6. The van der Waals surface area contributed by atoms with Gasteiger partial charge in [0.05, 0.1) is 11.8 Å². The van der Waals surface area contributed by atoms with Gasteiger partial charge in [0.1, 0.15) is 4.90 Å². The summed E-state index contributed by atoms with van der Waals surface area (Å²) in [5, 5.41) is 8.48. The molecule has 1 saturated carbocycles. The summed E-state index contributed by atoms with van der Waals surface area (Å²) in [7, 11) is -3.78. The number of benzene rings is 1. The first kappa shape index (κ1) is 16.1. The molecule has 0 bridgehead atoms. The second-order valence-electron chi connectivity index (χ2n) is 6.00. The molecular weight excluding hydrogens is 290 g/mol. The summed E-state index contributed by atoms with van der Waals surface area (Å²) in [4.78, 5) is -0.0480. The van der Waals surface area contributed by atoms with Gasteiger partial charge in [-0.2, -0.15) is 0 Å². The first-order chi connectivity index (χ1) is 9.66. The van der Waals surface area contributed by atoms with Crippen LogP contribution in [0.15, 0.2) is 23.1 Å². The number of nitrogens with one attached hydrogen (secondary N) is 1. The van der Waals surface area contributed by atoms with Gasteiger partial charge in [-0.3, -0.25) is 0 Å². The van der Waals surface area contributed by atoms with Crippen molar-refractivity contribution in [2.24, 2.45) is 10.6 Å². The van der Waals surface area contributed by atoms with E-state index in [-0.39, 0.29) is 28.1 Å². The van der Waals surface area contributed by atoms with E-state index in [0.29, 0.717) is 6.61 Å². The topological polar surface area (TPSA) is 107 Å². The molecule has 2 atom stereocenters. The van der Waals surface area contributed by atoms with Gasteiger partial charge in [0.25, 0.3) is 0 Å². The SMILES string of the molecule is CCOC1CC(Nc2ccc(S(N)(=O)=O)c(N)c2)C1(C)C. The number of rotatable bonds is 5. The van der Waals surface area contributed by atoms with Crippen LogP contribution in [0.5, 0.6) is 0 Å². The van der Waals surface area contributed by atoms with Crippen molar-refractivity contribution in [3.05, 3.63) is 18.2 Å². The minimum atomic E-state index is -3.78. The number of nitrogens with two attached hydrogens (primary N) is 2. The Labute approximate surface area is 125 Å². The van der Waals surface area contributed by atoms with Crippen molar-refractivity contribution in [1.29, 1.82) is 0 Å². The predicted octanol–water partition coefficient (Wildman–Crippen LogP) is 1.53. The lowest BCUT2D eigenvalue weighted by Crippen LogP contribution is -2.58. The van der Waals surface area contributed by atoms with Gasteiger partial charge in [0.2, 0.25) is 10.0 Å². The molecule has 1 aromatic rings. The molecule has 1 aromatic carbocycles. The Hall–Kier alpha value is -1.31. The standard InChI is InChI=1S/C14H23N3O3S/c1-4-20-13-8-12(14(13,2)3)17-9-5-6-11(10(15)7-9)21(16,18)19/h5-7,12-13,17H,4,8,15H2,1-3H3,(H2,16,18,19). The summed E-state index contributed by atoms with van der Waals surface area (Å²) in [6, 6.07) is 4.97. The molecule has 1 aliphatic rings. The van der Waals surface area contributed by atoms with Gasteiger partial charge < -0.3 is 15.8 Å². The molecule has 118 valence electrons. The maximum absolute atomic E-state index is 11.3. The van der Waals surface area contributed by atoms with Crippen LogP contribution >= 0.6 is 0 Å². The third kappa shape index (κ3) is 3.14. The third-order valence-corrected chi connectivity index (χ3v) is 5.19. The molecule has 21 heavy (non-hydrogen) atoms. The first-order valence-corrected chi connectivity index (χ1v) is 8.51. The monoisotopic (exact) mass is 313 g/mol. The van der Waals surface area contributed by atoms with Crippen molar-refractivity contribution in [2.45, 2.75) is 44.2 Å². The highest BCUT2D eigenvalue weighted by molar-refractivity contribution is 7.89. The summed E-state index contributed by atoms with van der Waals surface area (Å²) in [6.07, 6.45) is 1.15. The summed E-state index contributed by atoms with van der Waals surface area (Å²) < 4.78 is 28.4. The molecular formula is C14H23N3O3S. The lowest BCUT2D eigenvalue weighted by atomic mass is 9.64. The highest BCUT2D eigenvalue weighted by atomic mass is 32.2. The molecule has 6 nitrogen and oxygen atoms in total. The van der Waals surface area contributed by atoms with Crippen LogP contribution in [0.4, 0.5) is 11.4 Å². The molecule has 0 radical (unpaired) electrons. The summed E-state index contributed by atoms with van der Waals surface area (Å²) >= 11 is 0. The Morgan fingerprint density at radius 2 is 2.10 bits per heavy atom. The smallest absolute Gasteiger partial charge is 0.240 e. The number of nitrogen functional groups attached to an aromatic ring is 1. The molecule has 0 amide bonds. The lowest BCUT2D eigenvalue weighted by molar-refractivity contribution is -0.0975. The van der Waals surface area contributed by atoms with Gasteiger partial charge >= 0.3 is 0 Å². The third-order valence-electron chi connectivity index (χ3n) is 4.20. The Balaban J connectivity index is 2.11. The number of sulfonamides is 1. The summed E-state index contributed by atoms with van der Waals surface area (Å²) in [6.45, 7) is 6.99. The van der Waals surface area contributed by atoms with Crippen LogP contribution < -0.4 is 16.2 Å². The zero-order valence-corrected chi connectivity index (χ0v) is 13.4. The zero-order chi connectivity index (χ0) is 15.8. The molecule has 0 aromatic heterocycles. The van der Waals surface area contributed by atoms with E-state index in [1.165, 1.54) is 6.07 Å². The summed E-state index contributed by atoms with van der Waals surface area (Å²) in [5.74, 6) is 0. The normalized spacial score (nSPS) is 24.4. The van der Waals surface area contributed by atoms with Crippen LogP contribution in [-0.2, 0) is 14.8 Å². The highest BCUT2D eigenvalue weighted by Crippen LogP contribution is 2.44. The van der Waals surface area contributed by atoms with Crippen molar-refractivity contribution in [2.75, 3.05) is 17.7 Å². The Kier molecular flexibility index (Phi) is 4.19. The van der Waals surface area contributed by atoms with E-state index in [1.807, 2.05) is 6.92 Å². The molecule has 0 heterocycles. The van der Waals surface area contributed by atoms with Crippen LogP contribution in [-0.4, -0.2) is 27.2 Å². The van der Waals surface area contributed by atoms with Crippen molar-refractivity contribution in [1.82, 2.24) is 0 Å². The van der Waals surface area contributed by atoms with E-state index in [0.717, 1.165) is 12.1 Å². The quantitative estimate of drug-likeness (QED) is 0.715. The lowest BCUT2D eigenvalue weighted by Gasteiger charge is -2.52. The molecule has 7 heteroatoms. The van der Waals surface area contributed by atoms with Gasteiger partial charge in [-0.15, -0.1) is 0 Å². The van der Waals surface area contributed by atoms with Crippen LogP contribution in [0, 0.1) is 5.41 Å². The fourth-order valence-electron chi connectivity index (χ4n) is 2.71. The van der Waals surface area contributed by atoms with E-state index in [4.69, 9.17) is 15.6 Å². The molecule has 0 saturated heterocycles. The maximum Gasteiger partial charge on any atom is 0.240 e. The van der Waals surface area contributed by atoms with Gasteiger partial charge in [0.15, 0.2) is 0 Å². The molecule has 1 fully saturated rings. The van der Waals surface area contributed by atoms with Crippen LogP contribution in [0.2, 0.25) is 0 Å². The molecule has 0 spiro atoms. The number of primary sulfonamides is 1. The molecule has 2 unspecified atom stereocenters. The Morgan fingerprint density at radius 1 is 1.43 bits per heavy atom. The fourth-order valence-corrected chi connectivity index (χ4v) is 3.36. The fraction of sp³-hybridized carbons (Fsp3) is 0.571. The Bertz CT molecular complexity index is 628. The van der Waals surface area contributed by atoms with Crippen LogP contribution in [0.1, 0.15) is 27.2 Å². The molecule has 5 N–H and O–H groups in total. The van der Waals surface area contributed by atoms with E-state index >= 15 is 0 Å². The van der Waals surface area contributed by atoms with E-state index in [1.54, 1.807) is 12.1 Å². The van der Waals surface area contributed by atoms with Crippen molar-refractivity contribution >= 4 is 21.4 Å². The van der Waals surface area contributed by atoms with Gasteiger partial charge in [-0.25, -0.2) is 13.6 Å². The second kappa shape index (κ2) is 5.47. The largest absolute Gasteiger partial charge is 0.398 e. The van der Waals surface area contributed by atoms with E-state index < -0.39 is 10.0 Å². The summed E-state index contributed by atoms with van der Waals surface area (Å²) in [5.41, 5.74) is 6.72. The average Bonchev–Trinajstić information content (AvgIpc) is 2.36. The van der Waals surface area contributed by atoms with Gasteiger partial charge in [-0.1, -0.05) is 13.8 Å². The predicted molar refractivity (Wildman–Crippen MR) is 83.5 cm³/mol. The maximum atomic E-state index is 11.3. The number of ether oxygens (including phenoxy) is 1. The van der Waals surface area contributed by atoms with Gasteiger partial charge in [0, 0.05) is 23.8 Å². The minimum absolute atomic E-state index is 0.0172. The average molecular weight is 313 g/mol. The second-order valence-corrected chi connectivity index (χ2v) is 7.53. The van der Waals surface area contributed by atoms with Crippen LogP contribution in [0.3, 0.4) is 0 Å². The molecule has 2 rings (SSSR count). The molecule has 0 aliphatic heterocycles. The van der Waals surface area contributed by atoms with Gasteiger partial charge in [-0.05, 0) is 31.5 Å². The minimum Gasteiger partial charge on any atom is -0.398 e. The first-order valence-electron chi connectivity index (χ1n) is 6.96. The number of hydrogen-bond donors (Lipinski definition) is 3.